The van der Waals surface area contributed by atoms with E-state index in [0.29, 0.717) is 35.4 Å². The van der Waals surface area contributed by atoms with Crippen LogP contribution in [-0.2, 0) is 13.2 Å². The van der Waals surface area contributed by atoms with Crippen LogP contribution in [0.1, 0.15) is 24.1 Å². The number of alkyl halides is 3. The third-order valence-electron chi connectivity index (χ3n) is 7.66. The Balaban J connectivity index is 1.69. The Morgan fingerprint density at radius 2 is 1.76 bits per heavy atom. The molecule has 2 atom stereocenters. The van der Waals surface area contributed by atoms with Crippen LogP contribution in [0.4, 0.5) is 29.1 Å². The molecule has 2 saturated heterocycles. The molecule has 2 aromatic carbocycles. The first kappa shape index (κ1) is 23.8. The molecule has 2 aliphatic rings. The van der Waals surface area contributed by atoms with Gasteiger partial charge in [0.1, 0.15) is 11.3 Å². The Labute approximate surface area is 210 Å². The fourth-order valence-electron chi connectivity index (χ4n) is 5.87. The van der Waals surface area contributed by atoms with Gasteiger partial charge in [0.2, 0.25) is 0 Å². The molecule has 7 nitrogen and oxygen atoms in total. The molecule has 194 valence electrons. The van der Waals surface area contributed by atoms with Crippen molar-refractivity contribution in [2.75, 3.05) is 30.8 Å². The number of nitrogens with zero attached hydrogens (tertiary/aromatic N) is 4. The minimum atomic E-state index is -4.83. The number of halogens is 4. The zero-order valence-electron chi connectivity index (χ0n) is 20.6. The zero-order chi connectivity index (χ0) is 26.2. The molecule has 2 aliphatic heterocycles. The van der Waals surface area contributed by atoms with E-state index in [9.17, 15) is 13.2 Å². The van der Waals surface area contributed by atoms with Crippen molar-refractivity contribution < 1.29 is 22.3 Å². The number of benzene rings is 2. The van der Waals surface area contributed by atoms with E-state index in [-0.39, 0.29) is 40.4 Å². The van der Waals surface area contributed by atoms with E-state index in [0.717, 1.165) is 18.9 Å². The number of hydrogen-bond acceptors (Lipinski definition) is 6. The smallest absolute Gasteiger partial charge is 0.417 e. The predicted octanol–water partition coefficient (Wildman–Crippen LogP) is 4.79. The highest BCUT2D eigenvalue weighted by atomic mass is 19.4. The van der Waals surface area contributed by atoms with Crippen molar-refractivity contribution in [1.82, 2.24) is 19.9 Å². The zero-order valence-corrected chi connectivity index (χ0v) is 20.6. The van der Waals surface area contributed by atoms with Gasteiger partial charge in [0.15, 0.2) is 5.82 Å². The summed E-state index contributed by atoms with van der Waals surface area (Å²) in [4.78, 5) is 10.5. The second kappa shape index (κ2) is 8.20. The van der Waals surface area contributed by atoms with Crippen molar-refractivity contribution in [3.05, 3.63) is 41.3 Å². The number of hydrogen-bond donors (Lipinski definition) is 2. The van der Waals surface area contributed by atoms with E-state index < -0.39 is 23.1 Å². The lowest BCUT2D eigenvalue weighted by Crippen LogP contribution is -2.51. The molecular weight excluding hydrogens is 488 g/mol. The van der Waals surface area contributed by atoms with Gasteiger partial charge in [-0.2, -0.15) is 23.1 Å². The SMILES string of the molecule is COc1nc(N2CC3CCC(C2)N3)c2cc(C(F)(F)F)c(-c3c(C)n(C)c4ccc(N)cc34)c(F)c2n1. The average molecular weight is 515 g/mol. The topological polar surface area (TPSA) is 81.2 Å². The molecule has 0 aliphatic carbocycles. The maximum atomic E-state index is 16.5. The minimum Gasteiger partial charge on any atom is -0.467 e. The highest BCUT2D eigenvalue weighted by molar-refractivity contribution is 6.04. The van der Waals surface area contributed by atoms with Crippen LogP contribution in [0.5, 0.6) is 6.01 Å². The molecule has 2 aromatic heterocycles. The van der Waals surface area contributed by atoms with Gasteiger partial charge in [-0.3, -0.25) is 0 Å². The van der Waals surface area contributed by atoms with Crippen molar-refractivity contribution in [3.8, 4) is 17.1 Å². The highest BCUT2D eigenvalue weighted by Gasteiger charge is 2.40. The van der Waals surface area contributed by atoms with Gasteiger partial charge >= 0.3 is 12.2 Å². The van der Waals surface area contributed by atoms with Crippen LogP contribution in [0.15, 0.2) is 24.3 Å². The molecule has 4 aromatic rings. The maximum Gasteiger partial charge on any atom is 0.417 e. The molecule has 6 rings (SSSR count). The second-order valence-electron chi connectivity index (χ2n) is 9.88. The molecule has 0 saturated carbocycles. The normalized spacial score (nSPS) is 19.8. The van der Waals surface area contributed by atoms with Crippen molar-refractivity contribution >= 4 is 33.3 Å². The molecule has 2 fully saturated rings. The minimum absolute atomic E-state index is 0.00748. The van der Waals surface area contributed by atoms with E-state index in [4.69, 9.17) is 10.5 Å². The Morgan fingerprint density at radius 3 is 2.41 bits per heavy atom. The standard InChI is InChI=1S/C26H26F4N6O/c1-12-20(16-8-13(31)4-7-19(16)35(12)2)21-18(26(28,29)30)9-17-23(22(21)27)33-25(37-3)34-24(17)36-10-14-5-6-15(11-36)32-14/h4,7-9,14-15,32H,5-6,10-11,31H2,1-3H3. The lowest BCUT2D eigenvalue weighted by atomic mass is 9.93. The van der Waals surface area contributed by atoms with Gasteiger partial charge in [-0.05, 0) is 44.0 Å². The Hall–Kier alpha value is -3.60. The number of ether oxygens (including phenoxy) is 1. The maximum absolute atomic E-state index is 16.5. The fraction of sp³-hybridized carbons (Fsp3) is 0.385. The van der Waals surface area contributed by atoms with E-state index >= 15 is 4.39 Å². The highest BCUT2D eigenvalue weighted by Crippen LogP contribution is 2.47. The first-order valence-electron chi connectivity index (χ1n) is 12.1. The predicted molar refractivity (Wildman–Crippen MR) is 134 cm³/mol. The molecule has 37 heavy (non-hydrogen) atoms. The van der Waals surface area contributed by atoms with Crippen molar-refractivity contribution in [1.29, 1.82) is 0 Å². The fourth-order valence-corrected chi connectivity index (χ4v) is 5.87. The number of nitrogens with two attached hydrogens (primary N) is 1. The number of aromatic nitrogens is 3. The van der Waals surface area contributed by atoms with Gasteiger partial charge in [-0.25, -0.2) is 4.39 Å². The molecule has 11 heteroatoms. The summed E-state index contributed by atoms with van der Waals surface area (Å²) in [5, 5.41) is 3.93. The third kappa shape index (κ3) is 3.66. The largest absolute Gasteiger partial charge is 0.467 e. The van der Waals surface area contributed by atoms with Gasteiger partial charge in [0.05, 0.1) is 12.7 Å². The van der Waals surface area contributed by atoms with Gasteiger partial charge in [-0.15, -0.1) is 0 Å². The van der Waals surface area contributed by atoms with E-state index in [1.165, 1.54) is 7.11 Å². The molecule has 4 heterocycles. The van der Waals surface area contributed by atoms with Crippen LogP contribution in [-0.4, -0.2) is 46.8 Å². The van der Waals surface area contributed by atoms with Gasteiger partial charge in [-0.1, -0.05) is 0 Å². The van der Waals surface area contributed by atoms with E-state index in [1.807, 2.05) is 4.90 Å². The van der Waals surface area contributed by atoms with Crippen LogP contribution in [0, 0.1) is 12.7 Å². The lowest BCUT2D eigenvalue weighted by molar-refractivity contribution is -0.137. The number of anilines is 2. The molecular formula is C26H26F4N6O. The van der Waals surface area contributed by atoms with Gasteiger partial charge in [0, 0.05) is 71.0 Å². The molecule has 2 unspecified atom stereocenters. The monoisotopic (exact) mass is 514 g/mol. The van der Waals surface area contributed by atoms with Crippen molar-refractivity contribution in [3.63, 3.8) is 0 Å². The average Bonchev–Trinajstić information content (AvgIpc) is 3.32. The summed E-state index contributed by atoms with van der Waals surface area (Å²) in [5.74, 6) is -0.821. The molecule has 0 spiro atoms. The van der Waals surface area contributed by atoms with E-state index in [2.05, 4.69) is 15.3 Å². The number of piperazine rings is 1. The van der Waals surface area contributed by atoms with Crippen LogP contribution >= 0.6 is 0 Å². The molecule has 3 N–H and O–H groups in total. The Bertz CT molecular complexity index is 1550. The summed E-state index contributed by atoms with van der Waals surface area (Å²) in [5.41, 5.74) is 5.76. The second-order valence-corrected chi connectivity index (χ2v) is 9.88. The summed E-state index contributed by atoms with van der Waals surface area (Å²) in [6, 6.07) is 6.24. The first-order chi connectivity index (χ1) is 17.6. The van der Waals surface area contributed by atoms with Crippen molar-refractivity contribution in [2.45, 2.75) is 38.0 Å². The van der Waals surface area contributed by atoms with Crippen LogP contribution in [0.25, 0.3) is 32.9 Å². The molecule has 2 bridgehead atoms. The summed E-state index contributed by atoms with van der Waals surface area (Å²) in [6.07, 6.45) is -2.90. The summed E-state index contributed by atoms with van der Waals surface area (Å²) >= 11 is 0. The number of rotatable bonds is 3. The van der Waals surface area contributed by atoms with Crippen molar-refractivity contribution in [2.24, 2.45) is 7.05 Å². The summed E-state index contributed by atoms with van der Waals surface area (Å²) in [6.45, 7) is 2.77. The summed E-state index contributed by atoms with van der Waals surface area (Å²) < 4.78 is 67.3. The number of aryl methyl sites for hydroxylation is 1. The lowest BCUT2D eigenvalue weighted by Gasteiger charge is -2.34. The van der Waals surface area contributed by atoms with Gasteiger partial charge < -0.3 is 25.3 Å². The number of nitrogen functional groups attached to an aromatic ring is 1. The van der Waals surface area contributed by atoms with Crippen LogP contribution in [0.3, 0.4) is 0 Å². The number of fused-ring (bicyclic) bond motifs is 4. The quantitative estimate of drug-likeness (QED) is 0.302. The third-order valence-corrected chi connectivity index (χ3v) is 7.66. The first-order valence-corrected chi connectivity index (χ1v) is 12.1. The van der Waals surface area contributed by atoms with Crippen LogP contribution < -0.4 is 20.7 Å². The Kier molecular flexibility index (Phi) is 5.27. The summed E-state index contributed by atoms with van der Waals surface area (Å²) in [7, 11) is 3.08. The van der Waals surface area contributed by atoms with Gasteiger partial charge in [0.25, 0.3) is 0 Å². The molecule has 0 amide bonds. The molecule has 0 radical (unpaired) electrons. The number of methoxy groups -OCH3 is 1. The Morgan fingerprint density at radius 1 is 1.05 bits per heavy atom. The van der Waals surface area contributed by atoms with Crippen LogP contribution in [0.2, 0.25) is 0 Å². The van der Waals surface area contributed by atoms with E-state index in [1.54, 1.807) is 36.7 Å². The number of nitrogens with one attached hydrogen (secondary N) is 1.